The van der Waals surface area contributed by atoms with E-state index in [1.54, 1.807) is 0 Å². The molecule has 2 rings (SSSR count). The molecule has 0 atom stereocenters. The molecule has 1 heterocycles. The molecule has 1 aliphatic rings. The highest BCUT2D eigenvalue weighted by atomic mass is 14.9. The molecular formula is C12H19N2+. The first kappa shape index (κ1) is 9.63. The van der Waals surface area contributed by atoms with Gasteiger partial charge in [-0.15, -0.1) is 0 Å². The third kappa shape index (κ3) is 2.79. The highest BCUT2D eigenvalue weighted by Gasteiger charge is 2.14. The second-order valence-electron chi connectivity index (χ2n) is 4.28. The third-order valence-corrected chi connectivity index (χ3v) is 3.21. The Kier molecular flexibility index (Phi) is 3.50. The van der Waals surface area contributed by atoms with Crippen molar-refractivity contribution in [2.45, 2.75) is 45.1 Å². The molecule has 1 aliphatic carbocycles. The van der Waals surface area contributed by atoms with Gasteiger partial charge in [0, 0.05) is 6.42 Å². The van der Waals surface area contributed by atoms with E-state index >= 15 is 0 Å². The van der Waals surface area contributed by atoms with Gasteiger partial charge in [-0.2, -0.15) is 0 Å². The minimum atomic E-state index is 0.976. The summed E-state index contributed by atoms with van der Waals surface area (Å²) in [6, 6.07) is 0. The van der Waals surface area contributed by atoms with Gasteiger partial charge < -0.3 is 0 Å². The van der Waals surface area contributed by atoms with Crippen molar-refractivity contribution in [3.63, 3.8) is 0 Å². The van der Waals surface area contributed by atoms with Crippen LogP contribution < -0.4 is 4.57 Å². The number of aryl methyl sites for hydroxylation is 1. The van der Waals surface area contributed by atoms with Gasteiger partial charge in [0.15, 0.2) is 12.4 Å². The molecule has 1 aromatic heterocycles. The number of hydrogen-bond acceptors (Lipinski definition) is 1. The van der Waals surface area contributed by atoms with Gasteiger partial charge in [0.2, 0.25) is 0 Å². The maximum absolute atomic E-state index is 4.02. The van der Waals surface area contributed by atoms with Gasteiger partial charge in [0.05, 0.1) is 12.4 Å². The summed E-state index contributed by atoms with van der Waals surface area (Å²) in [5, 5.41) is 0. The molecule has 0 aromatic carbocycles. The van der Waals surface area contributed by atoms with Crippen LogP contribution in [0.2, 0.25) is 0 Å². The van der Waals surface area contributed by atoms with Crippen LogP contribution in [0.15, 0.2) is 24.8 Å². The van der Waals surface area contributed by atoms with Gasteiger partial charge in [0.25, 0.3) is 0 Å². The molecule has 2 heteroatoms. The molecule has 0 bridgehead atoms. The molecule has 2 nitrogen and oxygen atoms in total. The highest BCUT2D eigenvalue weighted by molar-refractivity contribution is 4.66. The lowest BCUT2D eigenvalue weighted by Gasteiger charge is -2.19. The second-order valence-corrected chi connectivity index (χ2v) is 4.28. The largest absolute Gasteiger partial charge is 0.252 e. The van der Waals surface area contributed by atoms with E-state index in [9.17, 15) is 0 Å². The Bertz CT molecular complexity index is 252. The van der Waals surface area contributed by atoms with Crippen LogP contribution in [0.5, 0.6) is 0 Å². The Morgan fingerprint density at radius 1 is 1.07 bits per heavy atom. The average molecular weight is 191 g/mol. The Balaban J connectivity index is 1.76. The Morgan fingerprint density at radius 3 is 2.50 bits per heavy atom. The quantitative estimate of drug-likeness (QED) is 0.670. The Hall–Kier alpha value is -0.920. The van der Waals surface area contributed by atoms with E-state index in [1.807, 2.05) is 12.4 Å². The smallest absolute Gasteiger partial charge is 0.187 e. The van der Waals surface area contributed by atoms with Gasteiger partial charge in [-0.1, -0.05) is 32.1 Å². The number of nitrogens with zero attached hydrogens (tertiary/aromatic N) is 2. The summed E-state index contributed by atoms with van der Waals surface area (Å²) in [5.41, 5.74) is 0. The predicted octanol–water partition coefficient (Wildman–Crippen LogP) is 2.34. The summed E-state index contributed by atoms with van der Waals surface area (Å²) in [6.07, 6.45) is 16.4. The van der Waals surface area contributed by atoms with Crippen molar-refractivity contribution in [2.75, 3.05) is 0 Å². The maximum Gasteiger partial charge on any atom is 0.187 e. The van der Waals surface area contributed by atoms with Crippen molar-refractivity contribution in [1.82, 2.24) is 4.98 Å². The molecule has 0 spiro atoms. The topological polar surface area (TPSA) is 16.8 Å². The van der Waals surface area contributed by atoms with E-state index in [1.165, 1.54) is 38.5 Å². The molecule has 1 fully saturated rings. The van der Waals surface area contributed by atoms with Crippen molar-refractivity contribution in [1.29, 1.82) is 0 Å². The van der Waals surface area contributed by atoms with Gasteiger partial charge in [-0.05, 0) is 5.92 Å². The van der Waals surface area contributed by atoms with Gasteiger partial charge in [-0.3, -0.25) is 4.98 Å². The first-order valence-corrected chi connectivity index (χ1v) is 5.74. The van der Waals surface area contributed by atoms with E-state index in [2.05, 4.69) is 21.9 Å². The van der Waals surface area contributed by atoms with E-state index in [-0.39, 0.29) is 0 Å². The lowest BCUT2D eigenvalue weighted by atomic mass is 9.87. The normalized spacial score (nSPS) is 18.3. The van der Waals surface area contributed by atoms with Crippen LogP contribution in [0, 0.1) is 5.92 Å². The molecule has 0 saturated heterocycles. The fourth-order valence-corrected chi connectivity index (χ4v) is 2.30. The monoisotopic (exact) mass is 191 g/mol. The molecule has 0 radical (unpaired) electrons. The number of hydrogen-bond donors (Lipinski definition) is 0. The molecule has 1 saturated carbocycles. The zero-order valence-corrected chi connectivity index (χ0v) is 8.73. The van der Waals surface area contributed by atoms with Crippen molar-refractivity contribution in [2.24, 2.45) is 5.92 Å². The zero-order valence-electron chi connectivity index (χ0n) is 8.73. The zero-order chi connectivity index (χ0) is 9.64. The molecule has 0 N–H and O–H groups in total. The standard InChI is InChI=1S/C12H19N2/c1-2-4-12(5-3-1)6-9-14-10-7-13-8-11-14/h7-8,10-12H,1-6,9H2/q+1. The van der Waals surface area contributed by atoms with Crippen molar-refractivity contribution < 1.29 is 4.57 Å². The van der Waals surface area contributed by atoms with Crippen LogP contribution in [-0.2, 0) is 6.54 Å². The lowest BCUT2D eigenvalue weighted by molar-refractivity contribution is -0.698. The van der Waals surface area contributed by atoms with Crippen LogP contribution >= 0.6 is 0 Å². The van der Waals surface area contributed by atoms with Crippen molar-refractivity contribution in [3.8, 4) is 0 Å². The summed E-state index contributed by atoms with van der Waals surface area (Å²) in [6.45, 7) is 1.16. The van der Waals surface area contributed by atoms with Crippen LogP contribution in [0.4, 0.5) is 0 Å². The third-order valence-electron chi connectivity index (χ3n) is 3.21. The van der Waals surface area contributed by atoms with Crippen LogP contribution in [-0.4, -0.2) is 4.98 Å². The van der Waals surface area contributed by atoms with Gasteiger partial charge in [0.1, 0.15) is 6.54 Å². The molecule has 14 heavy (non-hydrogen) atoms. The lowest BCUT2D eigenvalue weighted by Crippen LogP contribution is -2.33. The van der Waals surface area contributed by atoms with Gasteiger partial charge in [-0.25, -0.2) is 4.57 Å². The molecule has 0 amide bonds. The first-order chi connectivity index (χ1) is 6.95. The average Bonchev–Trinajstić information content (AvgIpc) is 2.29. The fourth-order valence-electron chi connectivity index (χ4n) is 2.30. The molecular weight excluding hydrogens is 172 g/mol. The highest BCUT2D eigenvalue weighted by Crippen LogP contribution is 2.25. The molecule has 76 valence electrons. The number of aromatic nitrogens is 2. The summed E-state index contributed by atoms with van der Waals surface area (Å²) in [7, 11) is 0. The Labute approximate surface area is 86.0 Å². The van der Waals surface area contributed by atoms with Crippen molar-refractivity contribution >= 4 is 0 Å². The molecule has 1 aromatic rings. The van der Waals surface area contributed by atoms with E-state index in [0.717, 1.165) is 12.5 Å². The SMILES string of the molecule is c1c[n+](CCC2CCCCC2)ccn1. The summed E-state index contributed by atoms with van der Waals surface area (Å²) in [4.78, 5) is 4.02. The minimum absolute atomic E-state index is 0.976. The van der Waals surface area contributed by atoms with Gasteiger partial charge >= 0.3 is 0 Å². The van der Waals surface area contributed by atoms with E-state index < -0.39 is 0 Å². The van der Waals surface area contributed by atoms with E-state index in [0.29, 0.717) is 0 Å². The first-order valence-electron chi connectivity index (χ1n) is 5.74. The minimum Gasteiger partial charge on any atom is -0.252 e. The van der Waals surface area contributed by atoms with Crippen LogP contribution in [0.3, 0.4) is 0 Å². The van der Waals surface area contributed by atoms with Crippen molar-refractivity contribution in [3.05, 3.63) is 24.8 Å². The van der Waals surface area contributed by atoms with Crippen LogP contribution in [0.25, 0.3) is 0 Å². The second kappa shape index (κ2) is 5.08. The predicted molar refractivity (Wildman–Crippen MR) is 55.6 cm³/mol. The van der Waals surface area contributed by atoms with Crippen LogP contribution in [0.1, 0.15) is 38.5 Å². The fraction of sp³-hybridized carbons (Fsp3) is 0.667. The maximum atomic E-state index is 4.02. The summed E-state index contributed by atoms with van der Waals surface area (Å²) in [5.74, 6) is 0.976. The summed E-state index contributed by atoms with van der Waals surface area (Å²) >= 11 is 0. The Morgan fingerprint density at radius 2 is 1.79 bits per heavy atom. The summed E-state index contributed by atoms with van der Waals surface area (Å²) < 4.78 is 2.24. The molecule has 0 unspecified atom stereocenters. The molecule has 0 aliphatic heterocycles. The number of rotatable bonds is 3. The van der Waals surface area contributed by atoms with E-state index in [4.69, 9.17) is 0 Å².